The van der Waals surface area contributed by atoms with Crippen LogP contribution in [0, 0.1) is 0 Å². The first-order chi connectivity index (χ1) is 14.1. The van der Waals surface area contributed by atoms with Crippen LogP contribution < -0.4 is 14.8 Å². The fraction of sp³-hybridized carbons (Fsp3) is 0.304. The van der Waals surface area contributed by atoms with Gasteiger partial charge in [0.05, 0.1) is 24.3 Å². The molecule has 6 heteroatoms. The molecular weight excluding hydrogens is 384 g/mol. The summed E-state index contributed by atoms with van der Waals surface area (Å²) in [6, 6.07) is 13.7. The van der Waals surface area contributed by atoms with E-state index in [1.54, 1.807) is 7.11 Å². The first-order valence-electron chi connectivity index (χ1n) is 9.82. The average Bonchev–Trinajstić information content (AvgIpc) is 3.08. The van der Waals surface area contributed by atoms with E-state index in [0.717, 1.165) is 30.5 Å². The van der Waals surface area contributed by atoms with Crippen molar-refractivity contribution in [1.29, 1.82) is 0 Å². The van der Waals surface area contributed by atoms with Crippen LogP contribution in [-0.2, 0) is 11.2 Å². The molecule has 0 spiro atoms. The second-order valence-electron chi connectivity index (χ2n) is 6.61. The fourth-order valence-electron chi connectivity index (χ4n) is 2.77. The molecule has 152 valence electrons. The average molecular weight is 411 g/mol. The molecule has 1 heterocycles. The molecule has 1 saturated heterocycles. The number of amides is 1. The third-order valence-corrected chi connectivity index (χ3v) is 5.38. The molecule has 0 unspecified atom stereocenters. The summed E-state index contributed by atoms with van der Waals surface area (Å²) in [5.74, 6) is 1.22. The lowest BCUT2D eigenvalue weighted by Gasteiger charge is -2.11. The Morgan fingerprint density at radius 2 is 1.90 bits per heavy atom. The monoisotopic (exact) mass is 410 g/mol. The molecule has 29 heavy (non-hydrogen) atoms. The number of carbonyl (C=O) groups is 1. The van der Waals surface area contributed by atoms with Gasteiger partial charge in [-0.3, -0.25) is 4.79 Å². The Balaban J connectivity index is 1.74. The van der Waals surface area contributed by atoms with Crippen molar-refractivity contribution in [3.05, 3.63) is 58.5 Å². The van der Waals surface area contributed by atoms with E-state index >= 15 is 0 Å². The first kappa shape index (κ1) is 21.0. The van der Waals surface area contributed by atoms with Crippen LogP contribution in [0.1, 0.15) is 37.8 Å². The molecule has 0 aromatic heterocycles. The Labute approximate surface area is 176 Å². The Hall–Kier alpha value is -2.73. The van der Waals surface area contributed by atoms with Gasteiger partial charge in [0.15, 0.2) is 16.7 Å². The van der Waals surface area contributed by atoms with Gasteiger partial charge in [-0.2, -0.15) is 0 Å². The molecule has 0 saturated carbocycles. The topological polar surface area (TPSA) is 59.9 Å². The Kier molecular flexibility index (Phi) is 7.36. The second kappa shape index (κ2) is 10.2. The standard InChI is InChI=1S/C23H26N2O3S/c1-4-6-13-28-19-12-9-17(14-20(19)27-3)15-21-22(26)25-23(29-21)24-18-10-7-16(5-2)8-11-18/h7-12,14-15H,4-6,13H2,1-3H3,(H,24,25,26)/b21-15-. The number of amidine groups is 1. The lowest BCUT2D eigenvalue weighted by atomic mass is 10.2. The largest absolute Gasteiger partial charge is 0.493 e. The molecule has 5 nitrogen and oxygen atoms in total. The number of methoxy groups -OCH3 is 1. The van der Waals surface area contributed by atoms with E-state index in [4.69, 9.17) is 9.47 Å². The molecule has 1 aliphatic rings. The quantitative estimate of drug-likeness (QED) is 0.472. The summed E-state index contributed by atoms with van der Waals surface area (Å²) in [6.07, 6.45) is 4.89. The Morgan fingerprint density at radius 3 is 2.59 bits per heavy atom. The zero-order chi connectivity index (χ0) is 20.6. The molecule has 1 N–H and O–H groups in total. The van der Waals surface area contributed by atoms with E-state index < -0.39 is 0 Å². The highest BCUT2D eigenvalue weighted by Crippen LogP contribution is 2.32. The second-order valence-corrected chi connectivity index (χ2v) is 7.64. The highest BCUT2D eigenvalue weighted by Gasteiger charge is 2.24. The first-order valence-corrected chi connectivity index (χ1v) is 10.6. The number of hydrogen-bond donors (Lipinski definition) is 1. The van der Waals surface area contributed by atoms with Crippen molar-refractivity contribution in [3.8, 4) is 11.5 Å². The lowest BCUT2D eigenvalue weighted by Crippen LogP contribution is -2.19. The number of thioether (sulfide) groups is 1. The number of hydrogen-bond acceptors (Lipinski definition) is 5. The summed E-state index contributed by atoms with van der Waals surface area (Å²) in [6.45, 7) is 4.90. The van der Waals surface area contributed by atoms with E-state index in [-0.39, 0.29) is 5.91 Å². The summed E-state index contributed by atoms with van der Waals surface area (Å²) >= 11 is 1.33. The number of nitrogens with zero attached hydrogens (tertiary/aromatic N) is 1. The van der Waals surface area contributed by atoms with Crippen LogP contribution in [0.15, 0.2) is 52.4 Å². The van der Waals surface area contributed by atoms with Crippen LogP contribution in [0.5, 0.6) is 11.5 Å². The summed E-state index contributed by atoms with van der Waals surface area (Å²) in [5, 5.41) is 3.41. The van der Waals surface area contributed by atoms with Gasteiger partial charge in [0.2, 0.25) is 0 Å². The van der Waals surface area contributed by atoms with Gasteiger partial charge in [-0.1, -0.05) is 38.5 Å². The van der Waals surface area contributed by atoms with Gasteiger partial charge in [0, 0.05) is 0 Å². The van der Waals surface area contributed by atoms with Crippen LogP contribution in [0.2, 0.25) is 0 Å². The summed E-state index contributed by atoms with van der Waals surface area (Å²) in [7, 11) is 1.62. The lowest BCUT2D eigenvalue weighted by molar-refractivity contribution is -0.115. The van der Waals surface area contributed by atoms with Gasteiger partial charge in [-0.05, 0) is 66.1 Å². The van der Waals surface area contributed by atoms with E-state index in [2.05, 4.69) is 24.2 Å². The number of carbonyl (C=O) groups excluding carboxylic acids is 1. The Bertz CT molecular complexity index is 920. The predicted molar refractivity (Wildman–Crippen MR) is 120 cm³/mol. The smallest absolute Gasteiger partial charge is 0.264 e. The van der Waals surface area contributed by atoms with Gasteiger partial charge in [0.25, 0.3) is 5.91 Å². The van der Waals surface area contributed by atoms with Crippen LogP contribution in [-0.4, -0.2) is 24.8 Å². The van der Waals surface area contributed by atoms with Gasteiger partial charge < -0.3 is 14.8 Å². The third kappa shape index (κ3) is 5.64. The van der Waals surface area contributed by atoms with Crippen molar-refractivity contribution < 1.29 is 14.3 Å². The molecule has 0 radical (unpaired) electrons. The number of aryl methyl sites for hydroxylation is 1. The molecule has 3 rings (SSSR count). The van der Waals surface area contributed by atoms with Crippen LogP contribution in [0.3, 0.4) is 0 Å². The number of rotatable bonds is 8. The molecule has 0 atom stereocenters. The van der Waals surface area contributed by atoms with Crippen molar-refractivity contribution in [2.45, 2.75) is 33.1 Å². The van der Waals surface area contributed by atoms with Gasteiger partial charge in [0.1, 0.15) is 0 Å². The molecule has 0 aliphatic carbocycles. The summed E-state index contributed by atoms with van der Waals surface area (Å²) in [5.41, 5.74) is 2.95. The predicted octanol–water partition coefficient (Wildman–Crippen LogP) is 5.33. The molecular formula is C23H26N2O3S. The van der Waals surface area contributed by atoms with E-state index in [9.17, 15) is 4.79 Å². The molecule has 1 amide bonds. The summed E-state index contributed by atoms with van der Waals surface area (Å²) in [4.78, 5) is 17.5. The number of unbranched alkanes of at least 4 members (excludes halogenated alkanes) is 1. The van der Waals surface area contributed by atoms with Crippen LogP contribution >= 0.6 is 11.8 Å². The van der Waals surface area contributed by atoms with Gasteiger partial charge in [-0.25, -0.2) is 4.99 Å². The maximum Gasteiger partial charge on any atom is 0.264 e. The molecule has 1 aliphatic heterocycles. The van der Waals surface area contributed by atoms with Crippen molar-refractivity contribution in [2.24, 2.45) is 4.99 Å². The van der Waals surface area contributed by atoms with E-state index in [1.165, 1.54) is 17.3 Å². The van der Waals surface area contributed by atoms with Crippen molar-refractivity contribution in [2.75, 3.05) is 13.7 Å². The number of benzene rings is 2. The van der Waals surface area contributed by atoms with E-state index in [0.29, 0.717) is 28.2 Å². The minimum atomic E-state index is -0.152. The van der Waals surface area contributed by atoms with Crippen LogP contribution in [0.25, 0.3) is 6.08 Å². The maximum absolute atomic E-state index is 12.3. The van der Waals surface area contributed by atoms with Crippen LogP contribution in [0.4, 0.5) is 5.69 Å². The van der Waals surface area contributed by atoms with Crippen molar-refractivity contribution in [1.82, 2.24) is 5.32 Å². The highest BCUT2D eigenvalue weighted by molar-refractivity contribution is 8.18. The third-order valence-electron chi connectivity index (χ3n) is 4.47. The normalized spacial score (nSPS) is 16.3. The fourth-order valence-corrected chi connectivity index (χ4v) is 3.62. The zero-order valence-corrected chi connectivity index (χ0v) is 17.8. The number of nitrogens with one attached hydrogen (secondary N) is 1. The number of aliphatic imine (C=N–C) groups is 1. The minimum Gasteiger partial charge on any atom is -0.493 e. The minimum absolute atomic E-state index is 0.152. The molecule has 1 fully saturated rings. The molecule has 0 bridgehead atoms. The highest BCUT2D eigenvalue weighted by atomic mass is 32.2. The van der Waals surface area contributed by atoms with Crippen molar-refractivity contribution in [3.63, 3.8) is 0 Å². The Morgan fingerprint density at radius 1 is 1.10 bits per heavy atom. The number of ether oxygens (including phenoxy) is 2. The van der Waals surface area contributed by atoms with Gasteiger partial charge >= 0.3 is 0 Å². The SMILES string of the molecule is CCCCOc1ccc(/C=C2\SC(=Nc3ccc(CC)cc3)NC2=O)cc1OC. The zero-order valence-electron chi connectivity index (χ0n) is 17.0. The van der Waals surface area contributed by atoms with Crippen molar-refractivity contribution >= 4 is 34.6 Å². The van der Waals surface area contributed by atoms with E-state index in [1.807, 2.05) is 48.5 Å². The molecule has 2 aromatic carbocycles. The molecule has 2 aromatic rings. The summed E-state index contributed by atoms with van der Waals surface area (Å²) < 4.78 is 11.2. The van der Waals surface area contributed by atoms with Gasteiger partial charge in [-0.15, -0.1) is 0 Å². The maximum atomic E-state index is 12.3.